The molecular weight excluding hydrogens is 286 g/mol. The summed E-state index contributed by atoms with van der Waals surface area (Å²) in [6, 6.07) is 2.06. The van der Waals surface area contributed by atoms with Gasteiger partial charge < -0.3 is 9.88 Å². The van der Waals surface area contributed by atoms with Gasteiger partial charge in [0.2, 0.25) is 10.0 Å². The second-order valence-corrected chi connectivity index (χ2v) is 7.15. The molecular formula is C15H25N3O2S. The molecule has 0 aromatic carbocycles. The van der Waals surface area contributed by atoms with Crippen LogP contribution in [0, 0.1) is 0 Å². The van der Waals surface area contributed by atoms with Crippen molar-refractivity contribution in [3.8, 4) is 0 Å². The van der Waals surface area contributed by atoms with E-state index in [9.17, 15) is 8.42 Å². The minimum absolute atomic E-state index is 0.267. The topological polar surface area (TPSA) is 54.3 Å². The van der Waals surface area contributed by atoms with Crippen LogP contribution in [0.4, 0.5) is 0 Å². The SMILES string of the molecule is C=CCN(CC=C)S(=O)(=O)c1cc(CNC(C)C)n(C)c1. The van der Waals surface area contributed by atoms with Gasteiger partial charge in [-0.15, -0.1) is 13.2 Å². The second-order valence-electron chi connectivity index (χ2n) is 5.21. The number of aryl methyl sites for hydroxylation is 1. The molecule has 0 amide bonds. The fourth-order valence-electron chi connectivity index (χ4n) is 1.91. The van der Waals surface area contributed by atoms with Gasteiger partial charge in [0.25, 0.3) is 0 Å². The highest BCUT2D eigenvalue weighted by molar-refractivity contribution is 7.89. The van der Waals surface area contributed by atoms with Crippen molar-refractivity contribution in [2.75, 3.05) is 13.1 Å². The van der Waals surface area contributed by atoms with E-state index in [1.807, 2.05) is 11.6 Å². The van der Waals surface area contributed by atoms with Gasteiger partial charge in [0, 0.05) is 44.6 Å². The lowest BCUT2D eigenvalue weighted by atomic mass is 10.3. The largest absolute Gasteiger partial charge is 0.352 e. The van der Waals surface area contributed by atoms with E-state index in [0.717, 1.165) is 5.69 Å². The van der Waals surface area contributed by atoms with E-state index in [4.69, 9.17) is 0 Å². The van der Waals surface area contributed by atoms with Gasteiger partial charge in [-0.1, -0.05) is 26.0 Å². The van der Waals surface area contributed by atoms with Crippen LogP contribution in [0.3, 0.4) is 0 Å². The standard InChI is InChI=1S/C15H25N3O2S/c1-6-8-18(9-7-2)21(19,20)15-10-14(17(5)12-15)11-16-13(3)4/h6-7,10,12-13,16H,1-2,8-9,11H2,3-5H3. The number of sulfonamides is 1. The van der Waals surface area contributed by atoms with Gasteiger partial charge in [-0.25, -0.2) is 8.42 Å². The normalized spacial score (nSPS) is 12.0. The molecule has 0 unspecified atom stereocenters. The van der Waals surface area contributed by atoms with Crippen molar-refractivity contribution in [1.29, 1.82) is 0 Å². The number of rotatable bonds is 9. The third kappa shape index (κ3) is 4.56. The minimum Gasteiger partial charge on any atom is -0.352 e. The van der Waals surface area contributed by atoms with Crippen LogP contribution in [0.5, 0.6) is 0 Å². The molecule has 0 atom stereocenters. The zero-order valence-corrected chi connectivity index (χ0v) is 13.9. The number of nitrogens with one attached hydrogen (secondary N) is 1. The number of aromatic nitrogens is 1. The molecule has 0 aliphatic rings. The van der Waals surface area contributed by atoms with Crippen LogP contribution in [0.2, 0.25) is 0 Å². The Morgan fingerprint density at radius 2 is 1.90 bits per heavy atom. The Morgan fingerprint density at radius 3 is 2.38 bits per heavy atom. The van der Waals surface area contributed by atoms with Gasteiger partial charge in [-0.3, -0.25) is 0 Å². The summed E-state index contributed by atoms with van der Waals surface area (Å²) >= 11 is 0. The van der Waals surface area contributed by atoms with Gasteiger partial charge >= 0.3 is 0 Å². The van der Waals surface area contributed by atoms with Crippen molar-refractivity contribution < 1.29 is 8.42 Å². The van der Waals surface area contributed by atoms with Crippen LogP contribution in [-0.2, 0) is 23.6 Å². The highest BCUT2D eigenvalue weighted by Gasteiger charge is 2.24. The zero-order valence-electron chi connectivity index (χ0n) is 13.0. The number of hydrogen-bond acceptors (Lipinski definition) is 3. The third-order valence-electron chi connectivity index (χ3n) is 3.08. The molecule has 0 fully saturated rings. The van der Waals surface area contributed by atoms with Crippen LogP contribution in [0.25, 0.3) is 0 Å². The Kier molecular flexibility index (Phi) is 6.39. The summed E-state index contributed by atoms with van der Waals surface area (Å²) in [5.41, 5.74) is 0.930. The van der Waals surface area contributed by atoms with Gasteiger partial charge in [0.1, 0.15) is 4.90 Å². The summed E-state index contributed by atoms with van der Waals surface area (Å²) in [6.45, 7) is 12.5. The summed E-state index contributed by atoms with van der Waals surface area (Å²) in [5.74, 6) is 0. The van der Waals surface area contributed by atoms with E-state index in [0.29, 0.717) is 17.5 Å². The van der Waals surface area contributed by atoms with E-state index in [1.54, 1.807) is 24.4 Å². The Bertz CT molecular complexity index is 578. The lowest BCUT2D eigenvalue weighted by Crippen LogP contribution is -2.31. The van der Waals surface area contributed by atoms with Crippen LogP contribution in [-0.4, -0.2) is 36.4 Å². The molecule has 21 heavy (non-hydrogen) atoms. The molecule has 1 aromatic rings. The Balaban J connectivity index is 3.05. The molecule has 0 aliphatic carbocycles. The fourth-order valence-corrected chi connectivity index (χ4v) is 3.39. The third-order valence-corrected chi connectivity index (χ3v) is 4.87. The summed E-state index contributed by atoms with van der Waals surface area (Å²) < 4.78 is 28.4. The van der Waals surface area contributed by atoms with Crippen LogP contribution in [0.1, 0.15) is 19.5 Å². The molecule has 118 valence electrons. The van der Waals surface area contributed by atoms with E-state index in [1.165, 1.54) is 4.31 Å². The maximum absolute atomic E-state index is 12.6. The predicted octanol–water partition coefficient (Wildman–Crippen LogP) is 1.89. The first-order valence-electron chi connectivity index (χ1n) is 6.93. The van der Waals surface area contributed by atoms with Gasteiger partial charge in [0.05, 0.1) is 0 Å². The summed E-state index contributed by atoms with van der Waals surface area (Å²) in [6.07, 6.45) is 4.79. The molecule has 1 heterocycles. The molecule has 5 nitrogen and oxygen atoms in total. The second kappa shape index (κ2) is 7.59. The molecule has 1 aromatic heterocycles. The highest BCUT2D eigenvalue weighted by Crippen LogP contribution is 2.18. The number of hydrogen-bond donors (Lipinski definition) is 1. The predicted molar refractivity (Wildman–Crippen MR) is 86.5 cm³/mol. The quantitative estimate of drug-likeness (QED) is 0.709. The van der Waals surface area contributed by atoms with Crippen molar-refractivity contribution >= 4 is 10.0 Å². The van der Waals surface area contributed by atoms with Gasteiger partial charge in [-0.2, -0.15) is 4.31 Å². The number of nitrogens with zero attached hydrogens (tertiary/aromatic N) is 2. The molecule has 1 N–H and O–H groups in total. The van der Waals surface area contributed by atoms with E-state index < -0.39 is 10.0 Å². The van der Waals surface area contributed by atoms with E-state index in [2.05, 4.69) is 32.3 Å². The average Bonchev–Trinajstić information content (AvgIpc) is 2.78. The molecule has 6 heteroatoms. The van der Waals surface area contributed by atoms with Crippen molar-refractivity contribution in [2.45, 2.75) is 31.3 Å². The fraction of sp³-hybridized carbons (Fsp3) is 0.467. The molecule has 0 bridgehead atoms. The first-order valence-corrected chi connectivity index (χ1v) is 8.37. The monoisotopic (exact) mass is 311 g/mol. The smallest absolute Gasteiger partial charge is 0.245 e. The first kappa shape index (κ1) is 17.7. The van der Waals surface area contributed by atoms with Gasteiger partial charge in [-0.05, 0) is 6.07 Å². The lowest BCUT2D eigenvalue weighted by Gasteiger charge is -2.17. The van der Waals surface area contributed by atoms with Crippen molar-refractivity contribution in [3.05, 3.63) is 43.3 Å². The molecule has 0 radical (unpaired) electrons. The van der Waals surface area contributed by atoms with Gasteiger partial charge in [0.15, 0.2) is 0 Å². The Morgan fingerprint density at radius 1 is 1.33 bits per heavy atom. The molecule has 1 rings (SSSR count). The van der Waals surface area contributed by atoms with Crippen LogP contribution >= 0.6 is 0 Å². The first-order chi connectivity index (χ1) is 9.82. The maximum Gasteiger partial charge on any atom is 0.245 e. The average molecular weight is 311 g/mol. The summed E-state index contributed by atoms with van der Waals surface area (Å²) in [4.78, 5) is 0.300. The Hall–Kier alpha value is -1.37. The molecule has 0 saturated heterocycles. The Labute approximate surface area is 128 Å². The zero-order chi connectivity index (χ0) is 16.0. The summed E-state index contributed by atoms with van der Waals surface area (Å²) in [7, 11) is -1.67. The lowest BCUT2D eigenvalue weighted by molar-refractivity contribution is 0.474. The van der Waals surface area contributed by atoms with Crippen LogP contribution in [0.15, 0.2) is 42.5 Å². The van der Waals surface area contributed by atoms with Crippen molar-refractivity contribution in [1.82, 2.24) is 14.2 Å². The van der Waals surface area contributed by atoms with Crippen molar-refractivity contribution in [3.63, 3.8) is 0 Å². The minimum atomic E-state index is -3.52. The van der Waals surface area contributed by atoms with E-state index >= 15 is 0 Å². The molecule has 0 spiro atoms. The molecule has 0 saturated carbocycles. The van der Waals surface area contributed by atoms with Crippen LogP contribution < -0.4 is 5.32 Å². The maximum atomic E-state index is 12.6. The molecule has 0 aliphatic heterocycles. The van der Waals surface area contributed by atoms with E-state index in [-0.39, 0.29) is 13.1 Å². The highest BCUT2D eigenvalue weighted by atomic mass is 32.2. The van der Waals surface area contributed by atoms with Crippen molar-refractivity contribution in [2.24, 2.45) is 7.05 Å². The summed E-state index contributed by atoms with van der Waals surface area (Å²) in [5, 5.41) is 3.29.